The Hall–Kier alpha value is -2.32. The number of hydrogen-bond donors (Lipinski definition) is 0. The Bertz CT molecular complexity index is 821. The first-order valence-corrected chi connectivity index (χ1v) is 7.48. The lowest BCUT2D eigenvalue weighted by atomic mass is 10.0. The van der Waals surface area contributed by atoms with Crippen LogP contribution < -0.4 is 0 Å². The van der Waals surface area contributed by atoms with Crippen molar-refractivity contribution in [2.24, 2.45) is 0 Å². The highest BCUT2D eigenvalue weighted by Gasteiger charge is 2.17. The van der Waals surface area contributed by atoms with E-state index < -0.39 is 6.10 Å². The van der Waals surface area contributed by atoms with E-state index in [0.717, 1.165) is 16.3 Å². The molecule has 0 heterocycles. The van der Waals surface area contributed by atoms with Crippen LogP contribution in [0.3, 0.4) is 0 Å². The topological polar surface area (TPSA) is 26.3 Å². The number of ether oxygens (including phenoxy) is 1. The molecular formula is C19H15ClO2. The smallest absolute Gasteiger partial charge is 0.339 e. The van der Waals surface area contributed by atoms with E-state index in [1.165, 1.54) is 0 Å². The Kier molecular flexibility index (Phi) is 4.12. The summed E-state index contributed by atoms with van der Waals surface area (Å²) in [6, 6.07) is 20.8. The molecule has 0 radical (unpaired) electrons. The van der Waals surface area contributed by atoms with E-state index in [1.54, 1.807) is 12.1 Å². The van der Waals surface area contributed by atoms with Crippen molar-refractivity contribution in [1.29, 1.82) is 0 Å². The predicted molar refractivity (Wildman–Crippen MR) is 89.2 cm³/mol. The molecule has 0 fully saturated rings. The molecule has 2 nitrogen and oxygen atoms in total. The molecule has 0 amide bonds. The van der Waals surface area contributed by atoms with Gasteiger partial charge in [-0.2, -0.15) is 0 Å². The van der Waals surface area contributed by atoms with E-state index in [9.17, 15) is 4.79 Å². The fourth-order valence-electron chi connectivity index (χ4n) is 2.50. The summed E-state index contributed by atoms with van der Waals surface area (Å²) >= 11 is 6.15. The van der Waals surface area contributed by atoms with Gasteiger partial charge >= 0.3 is 5.97 Å². The molecule has 0 aliphatic rings. The first kappa shape index (κ1) is 14.6. The molecule has 0 unspecified atom stereocenters. The fourth-order valence-corrected chi connectivity index (χ4v) is 2.79. The van der Waals surface area contributed by atoms with Gasteiger partial charge in [-0.15, -0.1) is 0 Å². The van der Waals surface area contributed by atoms with Gasteiger partial charge in [0.05, 0.1) is 5.56 Å². The molecule has 1 atom stereocenters. The molecule has 0 aromatic heterocycles. The average molecular weight is 311 g/mol. The van der Waals surface area contributed by atoms with Gasteiger partial charge < -0.3 is 4.74 Å². The quantitative estimate of drug-likeness (QED) is 0.604. The second kappa shape index (κ2) is 6.20. The zero-order valence-electron chi connectivity index (χ0n) is 12.1. The van der Waals surface area contributed by atoms with Crippen molar-refractivity contribution < 1.29 is 9.53 Å². The lowest BCUT2D eigenvalue weighted by Gasteiger charge is -2.15. The summed E-state index contributed by atoms with van der Waals surface area (Å²) in [5, 5.41) is 2.50. The van der Waals surface area contributed by atoms with Crippen LogP contribution in [0.15, 0.2) is 66.7 Å². The molecule has 3 aromatic carbocycles. The normalized spacial score (nSPS) is 12.1. The molecular weight excluding hydrogens is 296 g/mol. The number of carbonyl (C=O) groups excluding carboxylic acids is 1. The van der Waals surface area contributed by atoms with Gasteiger partial charge in [-0.05, 0) is 29.8 Å². The van der Waals surface area contributed by atoms with Gasteiger partial charge in [0, 0.05) is 10.6 Å². The van der Waals surface area contributed by atoms with Crippen molar-refractivity contribution >= 4 is 28.3 Å². The van der Waals surface area contributed by atoms with Gasteiger partial charge in [0.25, 0.3) is 0 Å². The highest BCUT2D eigenvalue weighted by atomic mass is 35.5. The molecule has 0 saturated heterocycles. The van der Waals surface area contributed by atoms with E-state index in [4.69, 9.17) is 16.3 Å². The predicted octanol–water partition coefficient (Wildman–Crippen LogP) is 5.41. The Morgan fingerprint density at radius 2 is 1.64 bits per heavy atom. The van der Waals surface area contributed by atoms with Gasteiger partial charge in [-0.25, -0.2) is 4.79 Å². The van der Waals surface area contributed by atoms with Gasteiger partial charge in [0.2, 0.25) is 0 Å². The first-order chi connectivity index (χ1) is 10.7. The summed E-state index contributed by atoms with van der Waals surface area (Å²) in [5.41, 5.74) is 1.37. The largest absolute Gasteiger partial charge is 0.454 e. The molecule has 0 saturated carbocycles. The lowest BCUT2D eigenvalue weighted by Crippen LogP contribution is -2.10. The number of fused-ring (bicyclic) bond motifs is 1. The highest BCUT2D eigenvalue weighted by molar-refractivity contribution is 6.31. The Morgan fingerprint density at radius 1 is 0.955 bits per heavy atom. The van der Waals surface area contributed by atoms with Crippen molar-refractivity contribution in [3.63, 3.8) is 0 Å². The molecule has 0 aliphatic heterocycles. The summed E-state index contributed by atoms with van der Waals surface area (Å²) in [6.45, 7) is 1.82. The van der Waals surface area contributed by atoms with Crippen LogP contribution in [0.25, 0.3) is 10.8 Å². The van der Waals surface area contributed by atoms with Crippen molar-refractivity contribution in [2.75, 3.05) is 0 Å². The third-order valence-corrected chi connectivity index (χ3v) is 3.98. The Balaban J connectivity index is 1.89. The van der Waals surface area contributed by atoms with E-state index >= 15 is 0 Å². The third kappa shape index (κ3) is 2.83. The summed E-state index contributed by atoms with van der Waals surface area (Å²) in [7, 11) is 0. The molecule has 110 valence electrons. The third-order valence-electron chi connectivity index (χ3n) is 3.64. The maximum absolute atomic E-state index is 12.5. The van der Waals surface area contributed by atoms with Crippen LogP contribution in [-0.2, 0) is 4.74 Å². The molecule has 0 aliphatic carbocycles. The number of hydrogen-bond acceptors (Lipinski definition) is 2. The maximum atomic E-state index is 12.5. The van der Waals surface area contributed by atoms with E-state index in [0.29, 0.717) is 10.6 Å². The Morgan fingerprint density at radius 3 is 2.45 bits per heavy atom. The summed E-state index contributed by atoms with van der Waals surface area (Å²) in [4.78, 5) is 12.5. The van der Waals surface area contributed by atoms with Crippen LogP contribution in [0, 0.1) is 0 Å². The van der Waals surface area contributed by atoms with Crippen LogP contribution in [-0.4, -0.2) is 5.97 Å². The molecule has 3 aromatic rings. The van der Waals surface area contributed by atoms with Crippen molar-refractivity contribution in [1.82, 2.24) is 0 Å². The molecule has 0 N–H and O–H groups in total. The van der Waals surface area contributed by atoms with E-state index in [-0.39, 0.29) is 5.97 Å². The van der Waals surface area contributed by atoms with Crippen LogP contribution >= 0.6 is 11.6 Å². The summed E-state index contributed by atoms with van der Waals surface area (Å²) in [6.07, 6.45) is -0.403. The van der Waals surface area contributed by atoms with Gasteiger partial charge in [0.15, 0.2) is 0 Å². The number of benzene rings is 3. The van der Waals surface area contributed by atoms with Crippen molar-refractivity contribution in [3.05, 3.63) is 82.9 Å². The molecule has 3 rings (SSSR count). The highest BCUT2D eigenvalue weighted by Crippen LogP contribution is 2.27. The van der Waals surface area contributed by atoms with Crippen LogP contribution in [0.4, 0.5) is 0 Å². The van der Waals surface area contributed by atoms with Crippen LogP contribution in [0.1, 0.15) is 28.9 Å². The SMILES string of the molecule is C[C@@H](OC(=O)c1cccc2ccccc12)c1ccccc1Cl. The minimum atomic E-state index is -0.403. The van der Waals surface area contributed by atoms with Crippen molar-refractivity contribution in [3.8, 4) is 0 Å². The molecule has 0 bridgehead atoms. The molecule has 22 heavy (non-hydrogen) atoms. The second-order valence-electron chi connectivity index (χ2n) is 5.10. The van der Waals surface area contributed by atoms with Gasteiger partial charge in [-0.3, -0.25) is 0 Å². The number of halogens is 1. The summed E-state index contributed by atoms with van der Waals surface area (Å²) in [5.74, 6) is -0.343. The van der Waals surface area contributed by atoms with E-state index in [1.807, 2.05) is 61.5 Å². The van der Waals surface area contributed by atoms with Crippen LogP contribution in [0.2, 0.25) is 5.02 Å². The zero-order chi connectivity index (χ0) is 15.5. The second-order valence-corrected chi connectivity index (χ2v) is 5.50. The van der Waals surface area contributed by atoms with E-state index in [2.05, 4.69) is 0 Å². The standard InChI is InChI=1S/C19H15ClO2/c1-13(15-9-4-5-12-18(15)20)22-19(21)17-11-6-8-14-7-2-3-10-16(14)17/h2-13H,1H3/t13-/m1/s1. The molecule has 0 spiro atoms. The maximum Gasteiger partial charge on any atom is 0.339 e. The monoisotopic (exact) mass is 310 g/mol. The average Bonchev–Trinajstić information content (AvgIpc) is 2.54. The lowest BCUT2D eigenvalue weighted by molar-refractivity contribution is 0.0340. The van der Waals surface area contributed by atoms with Crippen LogP contribution in [0.5, 0.6) is 0 Å². The van der Waals surface area contributed by atoms with Crippen molar-refractivity contribution in [2.45, 2.75) is 13.0 Å². The zero-order valence-corrected chi connectivity index (χ0v) is 12.9. The number of rotatable bonds is 3. The Labute approximate surface area is 134 Å². The van der Waals surface area contributed by atoms with Gasteiger partial charge in [-0.1, -0.05) is 66.2 Å². The minimum absolute atomic E-state index is 0.343. The van der Waals surface area contributed by atoms with Gasteiger partial charge in [0.1, 0.15) is 6.10 Å². The fraction of sp³-hybridized carbons (Fsp3) is 0.105. The number of esters is 1. The first-order valence-electron chi connectivity index (χ1n) is 7.10. The summed E-state index contributed by atoms with van der Waals surface area (Å²) < 4.78 is 5.59. The number of carbonyl (C=O) groups is 1. The molecule has 3 heteroatoms. The minimum Gasteiger partial charge on any atom is -0.454 e.